The molecule has 0 aliphatic rings. The number of hydrogen-bond acceptors (Lipinski definition) is 3. The van der Waals surface area contributed by atoms with E-state index in [0.717, 1.165) is 0 Å². The van der Waals surface area contributed by atoms with Crippen LogP contribution in [0.4, 0.5) is 4.39 Å². The van der Waals surface area contributed by atoms with E-state index in [1.54, 1.807) is 12.1 Å². The third-order valence-corrected chi connectivity index (χ3v) is 2.50. The summed E-state index contributed by atoms with van der Waals surface area (Å²) >= 11 is 3.15. The molecule has 2 aromatic rings. The van der Waals surface area contributed by atoms with Gasteiger partial charge in [-0.3, -0.25) is 4.79 Å². The van der Waals surface area contributed by atoms with Crippen LogP contribution < -0.4 is 4.74 Å². The van der Waals surface area contributed by atoms with Crippen LogP contribution in [0.5, 0.6) is 11.6 Å². The summed E-state index contributed by atoms with van der Waals surface area (Å²) in [6, 6.07) is 7.51. The first-order chi connectivity index (χ1) is 8.19. The highest BCUT2D eigenvalue weighted by atomic mass is 79.9. The van der Waals surface area contributed by atoms with E-state index in [0.29, 0.717) is 16.3 Å². The average molecular weight is 296 g/mol. The Labute approximate surface area is 105 Å². The number of halogens is 2. The van der Waals surface area contributed by atoms with Gasteiger partial charge in [0.25, 0.3) is 0 Å². The zero-order valence-electron chi connectivity index (χ0n) is 8.56. The Morgan fingerprint density at radius 1 is 1.29 bits per heavy atom. The lowest BCUT2D eigenvalue weighted by atomic mass is 10.3. The SMILES string of the molecule is O=Cc1ccc(Oc2ccc(Br)cc2F)nc1. The van der Waals surface area contributed by atoms with Crippen LogP contribution in [0.3, 0.4) is 0 Å². The Morgan fingerprint density at radius 2 is 2.12 bits per heavy atom. The van der Waals surface area contributed by atoms with Gasteiger partial charge < -0.3 is 4.74 Å². The number of carbonyl (C=O) groups excluding carboxylic acids is 1. The summed E-state index contributed by atoms with van der Waals surface area (Å²) in [6.07, 6.45) is 2.04. The fourth-order valence-electron chi connectivity index (χ4n) is 1.19. The molecule has 2 rings (SSSR count). The molecule has 1 aromatic heterocycles. The largest absolute Gasteiger partial charge is 0.436 e. The first-order valence-corrected chi connectivity index (χ1v) is 5.52. The molecule has 0 N–H and O–H groups in total. The van der Waals surface area contributed by atoms with Crippen molar-refractivity contribution in [3.05, 3.63) is 52.4 Å². The van der Waals surface area contributed by atoms with Gasteiger partial charge in [-0.2, -0.15) is 0 Å². The van der Waals surface area contributed by atoms with Crippen LogP contribution >= 0.6 is 15.9 Å². The zero-order chi connectivity index (χ0) is 12.3. The Morgan fingerprint density at radius 3 is 2.71 bits per heavy atom. The number of hydrogen-bond donors (Lipinski definition) is 0. The molecule has 1 aromatic carbocycles. The molecular weight excluding hydrogens is 289 g/mol. The lowest BCUT2D eigenvalue weighted by Crippen LogP contribution is -1.91. The monoisotopic (exact) mass is 295 g/mol. The Kier molecular flexibility index (Phi) is 3.49. The Balaban J connectivity index is 2.22. The highest BCUT2D eigenvalue weighted by molar-refractivity contribution is 9.10. The molecule has 0 saturated heterocycles. The molecule has 1 heterocycles. The van der Waals surface area contributed by atoms with Crippen molar-refractivity contribution in [1.82, 2.24) is 4.98 Å². The van der Waals surface area contributed by atoms with E-state index < -0.39 is 5.82 Å². The van der Waals surface area contributed by atoms with E-state index in [1.807, 2.05) is 0 Å². The summed E-state index contributed by atoms with van der Waals surface area (Å²) in [5.41, 5.74) is 0.439. The maximum absolute atomic E-state index is 13.4. The highest BCUT2D eigenvalue weighted by Crippen LogP contribution is 2.25. The minimum atomic E-state index is -0.486. The molecular formula is C12H7BrFNO2. The van der Waals surface area contributed by atoms with E-state index in [2.05, 4.69) is 20.9 Å². The predicted molar refractivity (Wildman–Crippen MR) is 63.8 cm³/mol. The van der Waals surface area contributed by atoms with Crippen molar-refractivity contribution in [3.63, 3.8) is 0 Å². The second-order valence-electron chi connectivity index (χ2n) is 3.22. The van der Waals surface area contributed by atoms with Gasteiger partial charge in [0.05, 0.1) is 0 Å². The molecule has 0 atom stereocenters. The van der Waals surface area contributed by atoms with Crippen molar-refractivity contribution in [1.29, 1.82) is 0 Å². The Bertz CT molecular complexity index is 543. The molecule has 17 heavy (non-hydrogen) atoms. The summed E-state index contributed by atoms with van der Waals surface area (Å²) in [6.45, 7) is 0. The maximum Gasteiger partial charge on any atom is 0.219 e. The molecule has 0 amide bonds. The van der Waals surface area contributed by atoms with Gasteiger partial charge in [-0.25, -0.2) is 9.37 Å². The van der Waals surface area contributed by atoms with Crippen LogP contribution in [0, 0.1) is 5.82 Å². The van der Waals surface area contributed by atoms with Gasteiger partial charge in [-0.05, 0) is 24.3 Å². The number of aromatic nitrogens is 1. The standard InChI is InChI=1S/C12H7BrFNO2/c13-9-2-3-11(10(14)5-9)17-12-4-1-8(7-16)6-15-12/h1-7H. The van der Waals surface area contributed by atoms with Gasteiger partial charge in [-0.15, -0.1) is 0 Å². The predicted octanol–water partition coefficient (Wildman–Crippen LogP) is 3.59. The molecule has 0 fully saturated rings. The first kappa shape index (κ1) is 11.7. The van der Waals surface area contributed by atoms with Crippen LogP contribution in [-0.2, 0) is 0 Å². The minimum Gasteiger partial charge on any atom is -0.436 e. The van der Waals surface area contributed by atoms with Crippen molar-refractivity contribution in [2.45, 2.75) is 0 Å². The highest BCUT2D eigenvalue weighted by Gasteiger charge is 2.05. The number of ether oxygens (including phenoxy) is 1. The second kappa shape index (κ2) is 5.05. The van der Waals surface area contributed by atoms with E-state index in [1.165, 1.54) is 24.4 Å². The van der Waals surface area contributed by atoms with E-state index in [4.69, 9.17) is 4.74 Å². The zero-order valence-corrected chi connectivity index (χ0v) is 10.1. The van der Waals surface area contributed by atoms with Crippen molar-refractivity contribution >= 4 is 22.2 Å². The van der Waals surface area contributed by atoms with Gasteiger partial charge in [0, 0.05) is 22.3 Å². The molecule has 0 aliphatic carbocycles. The molecule has 0 saturated carbocycles. The molecule has 0 unspecified atom stereocenters. The quantitative estimate of drug-likeness (QED) is 0.813. The number of nitrogens with zero attached hydrogens (tertiary/aromatic N) is 1. The average Bonchev–Trinajstić information content (AvgIpc) is 2.34. The Hall–Kier alpha value is -1.75. The summed E-state index contributed by atoms with van der Waals surface area (Å²) < 4.78 is 19.3. The van der Waals surface area contributed by atoms with E-state index in [9.17, 15) is 9.18 Å². The molecule has 0 bridgehead atoms. The van der Waals surface area contributed by atoms with Crippen LogP contribution in [-0.4, -0.2) is 11.3 Å². The smallest absolute Gasteiger partial charge is 0.219 e. The molecule has 0 spiro atoms. The molecule has 0 aliphatic heterocycles. The fraction of sp³-hybridized carbons (Fsp3) is 0. The number of benzene rings is 1. The third kappa shape index (κ3) is 2.88. The third-order valence-electron chi connectivity index (χ3n) is 2.00. The van der Waals surface area contributed by atoms with Crippen molar-refractivity contribution < 1.29 is 13.9 Å². The van der Waals surface area contributed by atoms with E-state index >= 15 is 0 Å². The topological polar surface area (TPSA) is 39.2 Å². The minimum absolute atomic E-state index is 0.0829. The van der Waals surface area contributed by atoms with Crippen LogP contribution in [0.2, 0.25) is 0 Å². The van der Waals surface area contributed by atoms with Gasteiger partial charge in [-0.1, -0.05) is 15.9 Å². The first-order valence-electron chi connectivity index (χ1n) is 4.73. The normalized spacial score (nSPS) is 10.0. The van der Waals surface area contributed by atoms with Crippen LogP contribution in [0.15, 0.2) is 41.0 Å². The van der Waals surface area contributed by atoms with Gasteiger partial charge >= 0.3 is 0 Å². The van der Waals surface area contributed by atoms with Gasteiger partial charge in [0.1, 0.15) is 0 Å². The molecule has 86 valence electrons. The molecule has 0 radical (unpaired) electrons. The maximum atomic E-state index is 13.4. The van der Waals surface area contributed by atoms with E-state index in [-0.39, 0.29) is 11.6 Å². The molecule has 3 nitrogen and oxygen atoms in total. The van der Waals surface area contributed by atoms with Crippen molar-refractivity contribution in [2.24, 2.45) is 0 Å². The number of rotatable bonds is 3. The number of aldehydes is 1. The number of pyridine rings is 1. The second-order valence-corrected chi connectivity index (χ2v) is 4.14. The lowest BCUT2D eigenvalue weighted by molar-refractivity contribution is 0.112. The van der Waals surface area contributed by atoms with Gasteiger partial charge in [0.2, 0.25) is 5.88 Å². The molecule has 5 heteroatoms. The van der Waals surface area contributed by atoms with Crippen LogP contribution in [0.1, 0.15) is 10.4 Å². The van der Waals surface area contributed by atoms with Crippen LogP contribution in [0.25, 0.3) is 0 Å². The summed E-state index contributed by atoms with van der Waals surface area (Å²) in [7, 11) is 0. The number of carbonyl (C=O) groups is 1. The summed E-state index contributed by atoms with van der Waals surface area (Å²) in [5, 5.41) is 0. The van der Waals surface area contributed by atoms with Crippen molar-refractivity contribution in [2.75, 3.05) is 0 Å². The lowest BCUT2D eigenvalue weighted by Gasteiger charge is -2.05. The summed E-state index contributed by atoms with van der Waals surface area (Å²) in [5.74, 6) is -0.169. The van der Waals surface area contributed by atoms with Gasteiger partial charge in [0.15, 0.2) is 17.9 Å². The summed E-state index contributed by atoms with van der Waals surface area (Å²) in [4.78, 5) is 14.3. The van der Waals surface area contributed by atoms with Crippen molar-refractivity contribution in [3.8, 4) is 11.6 Å². The fourth-order valence-corrected chi connectivity index (χ4v) is 1.53.